The monoisotopic (exact) mass is 233 g/mol. The predicted molar refractivity (Wildman–Crippen MR) is 71.5 cm³/mol. The van der Waals surface area contributed by atoms with Crippen LogP contribution in [0.2, 0.25) is 0 Å². The number of nitrogens with one attached hydrogen (secondary N) is 1. The van der Waals surface area contributed by atoms with Crippen LogP contribution in [0.4, 0.5) is 0 Å². The summed E-state index contributed by atoms with van der Waals surface area (Å²) in [7, 11) is 1.81. The lowest BCUT2D eigenvalue weighted by molar-refractivity contribution is 0.108. The Labute approximate surface area is 104 Å². The quantitative estimate of drug-likeness (QED) is 0.863. The number of hydrogen-bond acceptors (Lipinski definition) is 2. The van der Waals surface area contributed by atoms with Gasteiger partial charge >= 0.3 is 0 Å². The summed E-state index contributed by atoms with van der Waals surface area (Å²) in [6, 6.07) is 9.11. The van der Waals surface area contributed by atoms with Gasteiger partial charge in [0.15, 0.2) is 0 Å². The van der Waals surface area contributed by atoms with E-state index in [9.17, 15) is 0 Å². The summed E-state index contributed by atoms with van der Waals surface area (Å²) >= 11 is 0. The molecule has 0 unspecified atom stereocenters. The summed E-state index contributed by atoms with van der Waals surface area (Å²) in [4.78, 5) is 0. The fourth-order valence-electron chi connectivity index (χ4n) is 2.79. The van der Waals surface area contributed by atoms with Crippen LogP contribution in [0.1, 0.15) is 30.9 Å². The fraction of sp³-hybridized carbons (Fsp3) is 0.600. The molecule has 1 heterocycles. The van der Waals surface area contributed by atoms with Crippen LogP contribution in [-0.2, 0) is 16.6 Å². The standard InChI is InChI=1S/C15H23NO/c1-3-13-4-6-14(7-5-13)15(12-17-2)8-10-16-11-9-15/h4-7,16H,3,8-12H2,1-2H3. The molecular formula is C15H23NO. The van der Waals surface area contributed by atoms with Gasteiger partial charge in [0.25, 0.3) is 0 Å². The molecule has 1 N–H and O–H groups in total. The molecule has 0 atom stereocenters. The molecule has 94 valence electrons. The Bertz CT molecular complexity index is 333. The number of rotatable bonds is 4. The minimum Gasteiger partial charge on any atom is -0.384 e. The van der Waals surface area contributed by atoms with Crippen LogP contribution in [0.5, 0.6) is 0 Å². The summed E-state index contributed by atoms with van der Waals surface area (Å²) in [5.41, 5.74) is 3.08. The van der Waals surface area contributed by atoms with Gasteiger partial charge in [-0.1, -0.05) is 31.2 Å². The van der Waals surface area contributed by atoms with E-state index >= 15 is 0 Å². The molecule has 0 bridgehead atoms. The molecule has 0 aromatic heterocycles. The van der Waals surface area contributed by atoms with Crippen molar-refractivity contribution < 1.29 is 4.74 Å². The van der Waals surface area contributed by atoms with Gasteiger partial charge in [-0.05, 0) is 43.5 Å². The molecule has 2 rings (SSSR count). The topological polar surface area (TPSA) is 21.3 Å². The Morgan fingerprint density at radius 3 is 2.35 bits per heavy atom. The molecule has 2 nitrogen and oxygen atoms in total. The van der Waals surface area contributed by atoms with Crippen molar-refractivity contribution >= 4 is 0 Å². The second-order valence-electron chi connectivity index (χ2n) is 5.01. The third kappa shape index (κ3) is 2.70. The van der Waals surface area contributed by atoms with E-state index < -0.39 is 0 Å². The lowest BCUT2D eigenvalue weighted by Gasteiger charge is -2.37. The number of ether oxygens (including phenoxy) is 1. The average molecular weight is 233 g/mol. The predicted octanol–water partition coefficient (Wildman–Crippen LogP) is 2.52. The van der Waals surface area contributed by atoms with Gasteiger partial charge < -0.3 is 10.1 Å². The summed E-state index contributed by atoms with van der Waals surface area (Å²) in [6.45, 7) is 5.22. The highest BCUT2D eigenvalue weighted by Crippen LogP contribution is 2.33. The zero-order valence-corrected chi connectivity index (χ0v) is 11.0. The van der Waals surface area contributed by atoms with Crippen molar-refractivity contribution in [1.82, 2.24) is 5.32 Å². The molecule has 0 saturated carbocycles. The van der Waals surface area contributed by atoms with Gasteiger partial charge in [0, 0.05) is 12.5 Å². The van der Waals surface area contributed by atoms with E-state index in [0.717, 1.165) is 26.1 Å². The minimum atomic E-state index is 0.228. The first-order valence-electron chi connectivity index (χ1n) is 6.60. The van der Waals surface area contributed by atoms with Gasteiger partial charge in [0.2, 0.25) is 0 Å². The molecule has 1 aliphatic rings. The highest BCUT2D eigenvalue weighted by atomic mass is 16.5. The first kappa shape index (κ1) is 12.6. The van der Waals surface area contributed by atoms with E-state index in [4.69, 9.17) is 4.74 Å². The summed E-state index contributed by atoms with van der Waals surface area (Å²) in [5, 5.41) is 3.43. The van der Waals surface area contributed by atoms with Crippen LogP contribution < -0.4 is 5.32 Å². The second-order valence-corrected chi connectivity index (χ2v) is 5.01. The van der Waals surface area contributed by atoms with Crippen LogP contribution in [0.25, 0.3) is 0 Å². The van der Waals surface area contributed by atoms with E-state index in [1.54, 1.807) is 0 Å². The van der Waals surface area contributed by atoms with E-state index in [1.807, 2.05) is 7.11 Å². The Balaban J connectivity index is 2.24. The normalized spacial score (nSPS) is 19.2. The van der Waals surface area contributed by atoms with E-state index in [-0.39, 0.29) is 5.41 Å². The molecule has 0 aliphatic carbocycles. The van der Waals surface area contributed by atoms with Gasteiger partial charge in [-0.2, -0.15) is 0 Å². The number of benzene rings is 1. The Kier molecular flexibility index (Phi) is 4.19. The lowest BCUT2D eigenvalue weighted by Crippen LogP contribution is -2.42. The molecule has 0 amide bonds. The van der Waals surface area contributed by atoms with Crippen molar-refractivity contribution in [3.8, 4) is 0 Å². The van der Waals surface area contributed by atoms with E-state index in [0.29, 0.717) is 0 Å². The summed E-state index contributed by atoms with van der Waals surface area (Å²) in [6.07, 6.45) is 3.46. The third-order valence-corrected chi connectivity index (χ3v) is 3.96. The maximum atomic E-state index is 5.47. The van der Waals surface area contributed by atoms with Crippen molar-refractivity contribution in [1.29, 1.82) is 0 Å². The maximum absolute atomic E-state index is 5.47. The van der Waals surface area contributed by atoms with Crippen molar-refractivity contribution in [2.45, 2.75) is 31.6 Å². The zero-order chi connectivity index (χ0) is 12.1. The van der Waals surface area contributed by atoms with Gasteiger partial charge in [-0.3, -0.25) is 0 Å². The maximum Gasteiger partial charge on any atom is 0.0560 e. The van der Waals surface area contributed by atoms with Crippen molar-refractivity contribution in [3.05, 3.63) is 35.4 Å². The average Bonchev–Trinajstić information content (AvgIpc) is 2.40. The molecule has 2 heteroatoms. The number of hydrogen-bond donors (Lipinski definition) is 1. The van der Waals surface area contributed by atoms with Crippen LogP contribution in [0.3, 0.4) is 0 Å². The van der Waals surface area contributed by atoms with Gasteiger partial charge in [-0.25, -0.2) is 0 Å². The number of methoxy groups -OCH3 is 1. The van der Waals surface area contributed by atoms with E-state index in [2.05, 4.69) is 36.5 Å². The van der Waals surface area contributed by atoms with Gasteiger partial charge in [0.05, 0.1) is 6.61 Å². The minimum absolute atomic E-state index is 0.228. The SMILES string of the molecule is CCc1ccc(C2(COC)CCNCC2)cc1. The van der Waals surface area contributed by atoms with Crippen LogP contribution >= 0.6 is 0 Å². The Morgan fingerprint density at radius 1 is 1.18 bits per heavy atom. The zero-order valence-electron chi connectivity index (χ0n) is 11.0. The Morgan fingerprint density at radius 2 is 1.82 bits per heavy atom. The molecule has 1 saturated heterocycles. The smallest absolute Gasteiger partial charge is 0.0560 e. The molecule has 0 radical (unpaired) electrons. The van der Waals surface area contributed by atoms with E-state index in [1.165, 1.54) is 24.0 Å². The van der Waals surface area contributed by atoms with Crippen molar-refractivity contribution in [3.63, 3.8) is 0 Å². The van der Waals surface area contributed by atoms with Crippen LogP contribution in [0, 0.1) is 0 Å². The molecule has 1 aromatic rings. The largest absolute Gasteiger partial charge is 0.384 e. The summed E-state index contributed by atoms with van der Waals surface area (Å²) in [5.74, 6) is 0. The highest BCUT2D eigenvalue weighted by Gasteiger charge is 2.33. The van der Waals surface area contributed by atoms with Crippen molar-refractivity contribution in [2.75, 3.05) is 26.8 Å². The first-order chi connectivity index (χ1) is 8.30. The fourth-order valence-corrected chi connectivity index (χ4v) is 2.79. The molecule has 1 fully saturated rings. The van der Waals surface area contributed by atoms with Gasteiger partial charge in [0.1, 0.15) is 0 Å². The van der Waals surface area contributed by atoms with Crippen LogP contribution in [-0.4, -0.2) is 26.8 Å². The van der Waals surface area contributed by atoms with Gasteiger partial charge in [-0.15, -0.1) is 0 Å². The molecule has 1 aromatic carbocycles. The lowest BCUT2D eigenvalue weighted by atomic mass is 9.73. The Hall–Kier alpha value is -0.860. The first-order valence-corrected chi connectivity index (χ1v) is 6.60. The molecular weight excluding hydrogens is 210 g/mol. The second kappa shape index (κ2) is 5.65. The molecule has 1 aliphatic heterocycles. The van der Waals surface area contributed by atoms with Crippen molar-refractivity contribution in [2.24, 2.45) is 0 Å². The highest BCUT2D eigenvalue weighted by molar-refractivity contribution is 5.30. The molecule has 0 spiro atoms. The number of piperidine rings is 1. The molecule has 17 heavy (non-hydrogen) atoms. The number of aryl methyl sites for hydroxylation is 1. The van der Waals surface area contributed by atoms with Crippen LogP contribution in [0.15, 0.2) is 24.3 Å². The third-order valence-electron chi connectivity index (χ3n) is 3.96. The summed E-state index contributed by atoms with van der Waals surface area (Å²) < 4.78 is 5.47.